The summed E-state index contributed by atoms with van der Waals surface area (Å²) in [6.45, 7) is 0. The number of fused-ring (bicyclic) bond motifs is 1. The normalized spacial score (nSPS) is 10.9. The van der Waals surface area contributed by atoms with Gasteiger partial charge in [-0.2, -0.15) is 0 Å². The van der Waals surface area contributed by atoms with E-state index in [2.05, 4.69) is 4.98 Å². The van der Waals surface area contributed by atoms with Crippen LogP contribution in [0.4, 0.5) is 0 Å². The van der Waals surface area contributed by atoms with Crippen LogP contribution in [0.15, 0.2) is 42.5 Å². The maximum atomic E-state index is 5.46. The second kappa shape index (κ2) is 7.78. The summed E-state index contributed by atoms with van der Waals surface area (Å²) in [5.41, 5.74) is 2.52. The summed E-state index contributed by atoms with van der Waals surface area (Å²) in [4.78, 5) is 4.68. The topological polar surface area (TPSA) is 49.8 Å². The van der Waals surface area contributed by atoms with Crippen LogP contribution in [0.1, 0.15) is 11.3 Å². The van der Waals surface area contributed by atoms with Crippen LogP contribution in [0.2, 0.25) is 0 Å². The van der Waals surface area contributed by atoms with Gasteiger partial charge < -0.3 is 18.9 Å². The minimum absolute atomic E-state index is 0.620. The zero-order valence-corrected chi connectivity index (χ0v) is 15.3. The second-order valence-electron chi connectivity index (χ2n) is 5.55. The third-order valence-electron chi connectivity index (χ3n) is 4.09. The first-order chi connectivity index (χ1) is 12.7. The molecular weight excluding hydrogens is 330 g/mol. The molecule has 26 heavy (non-hydrogen) atoms. The van der Waals surface area contributed by atoms with Gasteiger partial charge in [0.05, 0.1) is 34.1 Å². The monoisotopic (exact) mass is 351 g/mol. The first-order valence-corrected chi connectivity index (χ1v) is 8.12. The van der Waals surface area contributed by atoms with Crippen molar-refractivity contribution in [2.75, 3.05) is 28.4 Å². The van der Waals surface area contributed by atoms with E-state index < -0.39 is 0 Å². The minimum Gasteiger partial charge on any atom is -0.496 e. The van der Waals surface area contributed by atoms with Crippen LogP contribution in [0.5, 0.6) is 23.0 Å². The van der Waals surface area contributed by atoms with E-state index in [0.29, 0.717) is 17.2 Å². The number of nitrogens with zero attached hydrogens (tertiary/aromatic N) is 1. The second-order valence-corrected chi connectivity index (χ2v) is 5.55. The van der Waals surface area contributed by atoms with E-state index in [9.17, 15) is 0 Å². The summed E-state index contributed by atoms with van der Waals surface area (Å²) in [6.07, 6.45) is 3.86. The number of para-hydroxylation sites is 1. The molecule has 0 spiro atoms. The summed E-state index contributed by atoms with van der Waals surface area (Å²) < 4.78 is 21.5. The highest BCUT2D eigenvalue weighted by Crippen LogP contribution is 2.35. The van der Waals surface area contributed by atoms with E-state index in [1.54, 1.807) is 34.5 Å². The van der Waals surface area contributed by atoms with Gasteiger partial charge in [-0.25, -0.2) is 4.98 Å². The van der Waals surface area contributed by atoms with Gasteiger partial charge in [-0.05, 0) is 30.4 Å². The fourth-order valence-corrected chi connectivity index (χ4v) is 2.75. The average molecular weight is 351 g/mol. The molecule has 134 valence electrons. The van der Waals surface area contributed by atoms with Crippen molar-refractivity contribution < 1.29 is 18.9 Å². The van der Waals surface area contributed by atoms with Crippen molar-refractivity contribution >= 4 is 23.1 Å². The van der Waals surface area contributed by atoms with Gasteiger partial charge in [0.25, 0.3) is 0 Å². The van der Waals surface area contributed by atoms with Gasteiger partial charge in [-0.3, -0.25) is 0 Å². The van der Waals surface area contributed by atoms with Gasteiger partial charge in [0, 0.05) is 17.0 Å². The lowest BCUT2D eigenvalue weighted by Gasteiger charge is -2.12. The molecule has 0 N–H and O–H groups in total. The highest BCUT2D eigenvalue weighted by atomic mass is 16.5. The van der Waals surface area contributed by atoms with E-state index in [4.69, 9.17) is 18.9 Å². The fraction of sp³-hybridized carbons (Fsp3) is 0.190. The van der Waals surface area contributed by atoms with Crippen LogP contribution in [0, 0.1) is 0 Å². The molecule has 0 aliphatic rings. The number of rotatable bonds is 6. The predicted molar refractivity (Wildman–Crippen MR) is 103 cm³/mol. The molecule has 0 bridgehead atoms. The maximum Gasteiger partial charge on any atom is 0.164 e. The summed E-state index contributed by atoms with van der Waals surface area (Å²) >= 11 is 0. The maximum absolute atomic E-state index is 5.46. The summed E-state index contributed by atoms with van der Waals surface area (Å²) in [5, 5.41) is 1.03. The molecule has 0 aliphatic heterocycles. The first kappa shape index (κ1) is 17.6. The van der Waals surface area contributed by atoms with Gasteiger partial charge >= 0.3 is 0 Å². The Morgan fingerprint density at radius 3 is 2.08 bits per heavy atom. The Labute approximate surface area is 152 Å². The zero-order valence-electron chi connectivity index (χ0n) is 15.3. The lowest BCUT2D eigenvalue weighted by molar-refractivity contribution is 0.348. The van der Waals surface area contributed by atoms with E-state index >= 15 is 0 Å². The lowest BCUT2D eigenvalue weighted by atomic mass is 10.1. The SMILES string of the molecule is COc1cc(OC)c(OC)cc1/C=C/c1ccc2cccc(OC)c2n1. The van der Waals surface area contributed by atoms with Gasteiger partial charge in [0.1, 0.15) is 17.0 Å². The molecule has 0 saturated heterocycles. The molecule has 0 fully saturated rings. The Hall–Kier alpha value is -3.21. The molecule has 0 aliphatic carbocycles. The Kier molecular flexibility index (Phi) is 5.27. The lowest BCUT2D eigenvalue weighted by Crippen LogP contribution is -1.94. The van der Waals surface area contributed by atoms with Crippen molar-refractivity contribution in [3.8, 4) is 23.0 Å². The van der Waals surface area contributed by atoms with Gasteiger partial charge in [0.15, 0.2) is 11.5 Å². The number of aromatic nitrogens is 1. The summed E-state index contributed by atoms with van der Waals surface area (Å²) in [5.74, 6) is 2.70. The molecule has 0 saturated carbocycles. The quantitative estimate of drug-likeness (QED) is 0.657. The standard InChI is InChI=1S/C21H21NO4/c1-23-17-7-5-6-14-8-10-16(22-21(14)17)11-9-15-12-19(25-3)20(26-4)13-18(15)24-2/h5-13H,1-4H3/b11-9+. The Morgan fingerprint density at radius 1 is 0.692 bits per heavy atom. The van der Waals surface area contributed by atoms with Crippen LogP contribution in [-0.4, -0.2) is 33.4 Å². The van der Waals surface area contributed by atoms with Gasteiger partial charge in [-0.15, -0.1) is 0 Å². The molecular formula is C21H21NO4. The molecule has 5 nitrogen and oxygen atoms in total. The molecule has 1 aromatic heterocycles. The predicted octanol–water partition coefficient (Wildman–Crippen LogP) is 4.44. The van der Waals surface area contributed by atoms with Crippen molar-refractivity contribution in [1.82, 2.24) is 4.98 Å². The van der Waals surface area contributed by atoms with Crippen LogP contribution < -0.4 is 18.9 Å². The van der Waals surface area contributed by atoms with Gasteiger partial charge in [0.2, 0.25) is 0 Å². The number of hydrogen-bond acceptors (Lipinski definition) is 5. The minimum atomic E-state index is 0.620. The van der Waals surface area contributed by atoms with Crippen molar-refractivity contribution in [2.45, 2.75) is 0 Å². The third kappa shape index (κ3) is 3.42. The molecule has 3 rings (SSSR count). The molecule has 0 unspecified atom stereocenters. The van der Waals surface area contributed by atoms with Crippen molar-refractivity contribution in [3.63, 3.8) is 0 Å². The van der Waals surface area contributed by atoms with Crippen LogP contribution >= 0.6 is 0 Å². The summed E-state index contributed by atoms with van der Waals surface area (Å²) in [6, 6.07) is 13.5. The molecule has 0 radical (unpaired) electrons. The fourth-order valence-electron chi connectivity index (χ4n) is 2.75. The third-order valence-corrected chi connectivity index (χ3v) is 4.09. The van der Waals surface area contributed by atoms with Crippen LogP contribution in [0.25, 0.3) is 23.1 Å². The van der Waals surface area contributed by atoms with E-state index in [1.807, 2.05) is 48.6 Å². The van der Waals surface area contributed by atoms with E-state index in [-0.39, 0.29) is 0 Å². The van der Waals surface area contributed by atoms with Crippen LogP contribution in [-0.2, 0) is 0 Å². The molecule has 1 heterocycles. The van der Waals surface area contributed by atoms with Crippen molar-refractivity contribution in [2.24, 2.45) is 0 Å². The van der Waals surface area contributed by atoms with Crippen LogP contribution in [0.3, 0.4) is 0 Å². The van der Waals surface area contributed by atoms with E-state index in [1.165, 1.54) is 0 Å². The highest BCUT2D eigenvalue weighted by Gasteiger charge is 2.10. The first-order valence-electron chi connectivity index (χ1n) is 8.12. The van der Waals surface area contributed by atoms with E-state index in [0.717, 1.165) is 27.9 Å². The molecule has 0 amide bonds. The number of methoxy groups -OCH3 is 4. The largest absolute Gasteiger partial charge is 0.496 e. The molecule has 2 aromatic carbocycles. The molecule has 0 atom stereocenters. The number of ether oxygens (including phenoxy) is 4. The van der Waals surface area contributed by atoms with Gasteiger partial charge in [-0.1, -0.05) is 18.2 Å². The van der Waals surface area contributed by atoms with Crippen molar-refractivity contribution in [1.29, 1.82) is 0 Å². The number of pyridine rings is 1. The molecule has 5 heteroatoms. The van der Waals surface area contributed by atoms with Crippen molar-refractivity contribution in [3.05, 3.63) is 53.7 Å². The highest BCUT2D eigenvalue weighted by molar-refractivity contribution is 5.86. The number of benzene rings is 2. The Balaban J connectivity index is 2.00. The molecule has 3 aromatic rings. The Morgan fingerprint density at radius 2 is 1.38 bits per heavy atom. The smallest absolute Gasteiger partial charge is 0.164 e. The number of hydrogen-bond donors (Lipinski definition) is 0. The Bertz CT molecular complexity index is 950. The zero-order chi connectivity index (χ0) is 18.5. The average Bonchev–Trinajstić information content (AvgIpc) is 2.70. The summed E-state index contributed by atoms with van der Waals surface area (Å²) in [7, 11) is 6.47.